The van der Waals surface area contributed by atoms with Crippen LogP contribution in [0.5, 0.6) is 0 Å². The van der Waals surface area contributed by atoms with Crippen molar-refractivity contribution in [3.05, 3.63) is 57.8 Å². The Morgan fingerprint density at radius 1 is 1.15 bits per heavy atom. The summed E-state index contributed by atoms with van der Waals surface area (Å²) in [6, 6.07) is 8.43. The summed E-state index contributed by atoms with van der Waals surface area (Å²) in [7, 11) is -1.81. The van der Waals surface area contributed by atoms with E-state index in [1.165, 1.54) is 6.07 Å². The molecule has 0 aliphatic rings. The van der Waals surface area contributed by atoms with Crippen LogP contribution in [0.2, 0.25) is 28.2 Å². The van der Waals surface area contributed by atoms with Crippen LogP contribution in [0, 0.1) is 0 Å². The summed E-state index contributed by atoms with van der Waals surface area (Å²) in [5.41, 5.74) is 1.88. The number of benzene rings is 1. The van der Waals surface area contributed by atoms with Crippen molar-refractivity contribution >= 4 is 43.1 Å². The molecule has 7 heteroatoms. The van der Waals surface area contributed by atoms with E-state index < -0.39 is 8.32 Å². The molecule has 4 nitrogen and oxygen atoms in total. The summed E-state index contributed by atoms with van der Waals surface area (Å²) in [5.74, 6) is -0.268. The van der Waals surface area contributed by atoms with Crippen LogP contribution in [0.25, 0.3) is 0 Å². The average Bonchev–Trinajstić information content (AvgIpc) is 2.55. The van der Waals surface area contributed by atoms with Gasteiger partial charge in [0.2, 0.25) is 0 Å². The fourth-order valence-corrected chi connectivity index (χ4v) is 3.14. The lowest BCUT2D eigenvalue weighted by atomic mass is 10.2. The van der Waals surface area contributed by atoms with Crippen LogP contribution >= 0.6 is 23.2 Å². The number of nitrogens with zero attached hydrogens (tertiary/aromatic N) is 1. The van der Waals surface area contributed by atoms with E-state index in [4.69, 9.17) is 27.6 Å². The Labute approximate surface area is 166 Å². The van der Waals surface area contributed by atoms with Gasteiger partial charge >= 0.3 is 0 Å². The van der Waals surface area contributed by atoms with Gasteiger partial charge in [-0.25, -0.2) is 0 Å². The molecule has 1 aromatic carbocycles. The first-order chi connectivity index (χ1) is 12.0. The maximum Gasteiger partial charge on any atom is 0.255 e. The second kappa shape index (κ2) is 8.09. The lowest BCUT2D eigenvalue weighted by molar-refractivity contribution is 0.102. The number of nitrogens with one attached hydrogen (secondary N) is 1. The van der Waals surface area contributed by atoms with E-state index in [1.807, 2.05) is 12.1 Å². The maximum atomic E-state index is 12.3. The average molecular weight is 411 g/mol. The molecule has 0 aliphatic carbocycles. The molecule has 0 bridgehead atoms. The van der Waals surface area contributed by atoms with Crippen molar-refractivity contribution in [2.24, 2.45) is 0 Å². The van der Waals surface area contributed by atoms with E-state index in [-0.39, 0.29) is 10.9 Å². The minimum atomic E-state index is -1.81. The van der Waals surface area contributed by atoms with Crippen molar-refractivity contribution in [3.8, 4) is 0 Å². The zero-order valence-corrected chi connectivity index (χ0v) is 18.2. The Bertz CT molecular complexity index is 787. The van der Waals surface area contributed by atoms with Gasteiger partial charge in [0, 0.05) is 5.56 Å². The normalized spacial score (nSPS) is 12.1. The van der Waals surface area contributed by atoms with Crippen LogP contribution in [-0.4, -0.2) is 19.2 Å². The molecule has 0 spiro atoms. The highest BCUT2D eigenvalue weighted by molar-refractivity contribution is 6.74. The fraction of sp³-hybridized carbons (Fsp3) is 0.368. The van der Waals surface area contributed by atoms with E-state index >= 15 is 0 Å². The second-order valence-electron chi connectivity index (χ2n) is 7.67. The highest BCUT2D eigenvalue weighted by Crippen LogP contribution is 2.37. The number of carbonyl (C=O) groups is 1. The van der Waals surface area contributed by atoms with Crippen molar-refractivity contribution in [1.29, 1.82) is 0 Å². The first-order valence-corrected chi connectivity index (χ1v) is 12.0. The van der Waals surface area contributed by atoms with Crippen molar-refractivity contribution in [2.75, 3.05) is 5.32 Å². The van der Waals surface area contributed by atoms with Crippen molar-refractivity contribution < 1.29 is 9.22 Å². The molecule has 1 heterocycles. The third kappa shape index (κ3) is 5.30. The molecular formula is C19H24Cl2N2O2Si. The Morgan fingerprint density at radius 3 is 2.38 bits per heavy atom. The quantitative estimate of drug-likeness (QED) is 0.599. The van der Waals surface area contributed by atoms with Crippen molar-refractivity contribution in [2.45, 2.75) is 45.5 Å². The molecule has 2 aromatic rings. The van der Waals surface area contributed by atoms with Gasteiger partial charge in [0.15, 0.2) is 8.32 Å². The SMILES string of the molecule is CC(C)(C)[Si](C)(C)OCc1ccc(NC(=O)c2ccc(Cl)c(Cl)c2)cn1. The van der Waals surface area contributed by atoms with Crippen molar-refractivity contribution in [3.63, 3.8) is 0 Å². The number of aromatic nitrogens is 1. The summed E-state index contributed by atoms with van der Waals surface area (Å²) in [5, 5.41) is 3.70. The van der Waals surface area contributed by atoms with Gasteiger partial charge in [0.05, 0.1) is 34.2 Å². The van der Waals surface area contributed by atoms with Gasteiger partial charge in [-0.3, -0.25) is 9.78 Å². The van der Waals surface area contributed by atoms with Gasteiger partial charge in [-0.2, -0.15) is 0 Å². The summed E-state index contributed by atoms with van der Waals surface area (Å²) < 4.78 is 6.16. The Hall–Kier alpha value is -1.40. The molecule has 0 atom stereocenters. The van der Waals surface area contributed by atoms with E-state index in [9.17, 15) is 4.79 Å². The molecule has 1 amide bonds. The third-order valence-corrected chi connectivity index (χ3v) is 9.87. The predicted molar refractivity (Wildman–Crippen MR) is 111 cm³/mol. The number of carbonyl (C=O) groups excluding carboxylic acids is 1. The van der Waals surface area contributed by atoms with Gasteiger partial charge in [-0.15, -0.1) is 0 Å². The number of amides is 1. The molecule has 0 saturated carbocycles. The monoisotopic (exact) mass is 410 g/mol. The van der Waals surface area contributed by atoms with E-state index in [0.717, 1.165) is 5.69 Å². The van der Waals surface area contributed by atoms with Crippen LogP contribution in [0.4, 0.5) is 5.69 Å². The van der Waals surface area contributed by atoms with Gasteiger partial charge in [0.25, 0.3) is 5.91 Å². The lowest BCUT2D eigenvalue weighted by Crippen LogP contribution is -2.40. The highest BCUT2D eigenvalue weighted by Gasteiger charge is 2.37. The van der Waals surface area contributed by atoms with Crippen LogP contribution in [0.3, 0.4) is 0 Å². The van der Waals surface area contributed by atoms with Crippen molar-refractivity contribution in [1.82, 2.24) is 4.98 Å². The van der Waals surface area contributed by atoms with Crippen LogP contribution < -0.4 is 5.32 Å². The molecule has 2 rings (SSSR count). The first-order valence-electron chi connectivity index (χ1n) is 8.35. The molecular weight excluding hydrogens is 387 g/mol. The van der Waals surface area contributed by atoms with Gasteiger partial charge in [-0.05, 0) is 48.5 Å². The third-order valence-electron chi connectivity index (χ3n) is 4.65. The fourth-order valence-electron chi connectivity index (χ4n) is 1.90. The number of halogens is 2. The molecule has 0 unspecified atom stereocenters. The topological polar surface area (TPSA) is 51.2 Å². The number of anilines is 1. The smallest absolute Gasteiger partial charge is 0.255 e. The van der Waals surface area contributed by atoms with Gasteiger partial charge < -0.3 is 9.74 Å². The minimum Gasteiger partial charge on any atom is -0.411 e. The van der Waals surface area contributed by atoms with Crippen LogP contribution in [0.15, 0.2) is 36.5 Å². The number of hydrogen-bond acceptors (Lipinski definition) is 3. The van der Waals surface area contributed by atoms with Crippen LogP contribution in [0.1, 0.15) is 36.8 Å². The molecule has 0 aliphatic heterocycles. The molecule has 26 heavy (non-hydrogen) atoms. The zero-order chi connectivity index (χ0) is 19.5. The second-order valence-corrected chi connectivity index (χ2v) is 13.3. The number of hydrogen-bond donors (Lipinski definition) is 1. The largest absolute Gasteiger partial charge is 0.411 e. The van der Waals surface area contributed by atoms with E-state index in [1.54, 1.807) is 18.3 Å². The standard InChI is InChI=1S/C19H24Cl2N2O2Si/c1-19(2,3)26(4,5)25-12-15-8-7-14(11-22-15)23-18(24)13-6-9-16(20)17(21)10-13/h6-11H,12H2,1-5H3,(H,23,24). The zero-order valence-electron chi connectivity index (χ0n) is 15.7. The van der Waals surface area contributed by atoms with E-state index in [0.29, 0.717) is 27.9 Å². The van der Waals surface area contributed by atoms with Gasteiger partial charge in [-0.1, -0.05) is 44.0 Å². The Kier molecular flexibility index (Phi) is 6.50. The number of rotatable bonds is 5. The van der Waals surface area contributed by atoms with Crippen LogP contribution in [-0.2, 0) is 11.0 Å². The summed E-state index contributed by atoms with van der Waals surface area (Å²) in [6.45, 7) is 11.5. The summed E-state index contributed by atoms with van der Waals surface area (Å²) in [4.78, 5) is 16.6. The van der Waals surface area contributed by atoms with Gasteiger partial charge in [0.1, 0.15) is 0 Å². The molecule has 1 aromatic heterocycles. The maximum absolute atomic E-state index is 12.3. The summed E-state index contributed by atoms with van der Waals surface area (Å²) >= 11 is 11.8. The minimum absolute atomic E-state index is 0.154. The number of pyridine rings is 1. The molecule has 0 fully saturated rings. The first kappa shape index (κ1) is 20.9. The molecule has 1 N–H and O–H groups in total. The lowest BCUT2D eigenvalue weighted by Gasteiger charge is -2.36. The highest BCUT2D eigenvalue weighted by atomic mass is 35.5. The Morgan fingerprint density at radius 2 is 1.85 bits per heavy atom. The predicted octanol–water partition coefficient (Wildman–Crippen LogP) is 6.16. The molecule has 0 saturated heterocycles. The Balaban J connectivity index is 1.99. The molecule has 0 radical (unpaired) electrons. The molecule has 140 valence electrons. The van der Waals surface area contributed by atoms with E-state index in [2.05, 4.69) is 44.2 Å². The summed E-state index contributed by atoms with van der Waals surface area (Å²) in [6.07, 6.45) is 1.62.